The summed E-state index contributed by atoms with van der Waals surface area (Å²) in [6, 6.07) is 0. The maximum Gasteiger partial charge on any atom is 0.308 e. The van der Waals surface area contributed by atoms with Crippen molar-refractivity contribution in [3.63, 3.8) is 0 Å². The minimum absolute atomic E-state index is 0.0435. The van der Waals surface area contributed by atoms with Gasteiger partial charge in [0.2, 0.25) is 0 Å². The first kappa shape index (κ1) is 11.5. The Morgan fingerprint density at radius 1 is 1.64 bits per heavy atom. The fourth-order valence-electron chi connectivity index (χ4n) is 2.01. The Kier molecular flexibility index (Phi) is 4.94. The largest absolute Gasteiger partial charge is 0.466 e. The topological polar surface area (TPSA) is 38.3 Å². The van der Waals surface area contributed by atoms with Crippen molar-refractivity contribution in [2.45, 2.75) is 33.1 Å². The SMILES string of the molecule is CCOC(=O)C(C)CC1CCCNC1. The maximum atomic E-state index is 11.4. The highest BCUT2D eigenvalue weighted by molar-refractivity contribution is 5.71. The molecule has 0 saturated carbocycles. The molecule has 0 aromatic carbocycles. The van der Waals surface area contributed by atoms with Gasteiger partial charge in [-0.05, 0) is 45.2 Å². The molecule has 0 bridgehead atoms. The van der Waals surface area contributed by atoms with Gasteiger partial charge in [-0.1, -0.05) is 6.92 Å². The number of hydrogen-bond donors (Lipinski definition) is 1. The number of nitrogens with one attached hydrogen (secondary N) is 1. The molecule has 3 nitrogen and oxygen atoms in total. The fourth-order valence-corrected chi connectivity index (χ4v) is 2.01. The average molecular weight is 199 g/mol. The zero-order chi connectivity index (χ0) is 10.4. The molecule has 0 aliphatic carbocycles. The average Bonchev–Trinajstić information content (AvgIpc) is 2.19. The Bertz CT molecular complexity index is 176. The summed E-state index contributed by atoms with van der Waals surface area (Å²) in [5.41, 5.74) is 0. The molecule has 1 saturated heterocycles. The lowest BCUT2D eigenvalue weighted by molar-refractivity contribution is -0.148. The van der Waals surface area contributed by atoms with Gasteiger partial charge >= 0.3 is 5.97 Å². The second-order valence-electron chi connectivity index (χ2n) is 4.10. The van der Waals surface area contributed by atoms with Crippen LogP contribution in [-0.4, -0.2) is 25.7 Å². The molecule has 0 aromatic rings. The molecular weight excluding hydrogens is 178 g/mol. The number of carbonyl (C=O) groups is 1. The quantitative estimate of drug-likeness (QED) is 0.698. The van der Waals surface area contributed by atoms with Crippen molar-refractivity contribution >= 4 is 5.97 Å². The van der Waals surface area contributed by atoms with Gasteiger partial charge in [0, 0.05) is 0 Å². The molecular formula is C11H21NO2. The van der Waals surface area contributed by atoms with E-state index in [-0.39, 0.29) is 11.9 Å². The van der Waals surface area contributed by atoms with Crippen molar-refractivity contribution in [2.75, 3.05) is 19.7 Å². The summed E-state index contributed by atoms with van der Waals surface area (Å²) in [7, 11) is 0. The van der Waals surface area contributed by atoms with E-state index in [0.717, 1.165) is 19.5 Å². The van der Waals surface area contributed by atoms with E-state index in [1.807, 2.05) is 13.8 Å². The van der Waals surface area contributed by atoms with E-state index in [0.29, 0.717) is 12.5 Å². The molecule has 1 aliphatic rings. The molecule has 14 heavy (non-hydrogen) atoms. The molecule has 1 fully saturated rings. The fraction of sp³-hybridized carbons (Fsp3) is 0.909. The summed E-state index contributed by atoms with van der Waals surface area (Å²) in [4.78, 5) is 11.4. The first-order valence-electron chi connectivity index (χ1n) is 5.61. The lowest BCUT2D eigenvalue weighted by Gasteiger charge is -2.24. The Morgan fingerprint density at radius 3 is 3.00 bits per heavy atom. The predicted octanol–water partition coefficient (Wildman–Crippen LogP) is 1.58. The number of rotatable bonds is 4. The van der Waals surface area contributed by atoms with Gasteiger partial charge in [0.15, 0.2) is 0 Å². The molecule has 2 atom stereocenters. The Balaban J connectivity index is 2.24. The minimum Gasteiger partial charge on any atom is -0.466 e. The van der Waals surface area contributed by atoms with E-state index in [1.165, 1.54) is 12.8 Å². The van der Waals surface area contributed by atoms with Gasteiger partial charge in [-0.25, -0.2) is 0 Å². The summed E-state index contributed by atoms with van der Waals surface area (Å²) < 4.78 is 4.99. The number of esters is 1. The van der Waals surface area contributed by atoms with Gasteiger partial charge in [-0.15, -0.1) is 0 Å². The molecule has 3 heteroatoms. The van der Waals surface area contributed by atoms with Gasteiger partial charge in [0.25, 0.3) is 0 Å². The number of piperidine rings is 1. The molecule has 0 radical (unpaired) electrons. The highest BCUT2D eigenvalue weighted by Crippen LogP contribution is 2.19. The van der Waals surface area contributed by atoms with Crippen LogP contribution in [0.1, 0.15) is 33.1 Å². The van der Waals surface area contributed by atoms with Gasteiger partial charge in [0.05, 0.1) is 12.5 Å². The van der Waals surface area contributed by atoms with E-state index in [2.05, 4.69) is 5.32 Å². The first-order valence-corrected chi connectivity index (χ1v) is 5.61. The third-order valence-electron chi connectivity index (χ3n) is 2.77. The highest BCUT2D eigenvalue weighted by Gasteiger charge is 2.21. The van der Waals surface area contributed by atoms with Crippen LogP contribution in [0.4, 0.5) is 0 Å². The molecule has 0 spiro atoms. The minimum atomic E-state index is -0.0435. The molecule has 1 heterocycles. The van der Waals surface area contributed by atoms with E-state index in [4.69, 9.17) is 4.74 Å². The molecule has 0 amide bonds. The van der Waals surface area contributed by atoms with E-state index < -0.39 is 0 Å². The number of ether oxygens (including phenoxy) is 1. The monoisotopic (exact) mass is 199 g/mol. The highest BCUT2D eigenvalue weighted by atomic mass is 16.5. The molecule has 0 aromatic heterocycles. The van der Waals surface area contributed by atoms with Gasteiger partial charge < -0.3 is 10.1 Å². The van der Waals surface area contributed by atoms with Crippen molar-refractivity contribution in [1.29, 1.82) is 0 Å². The lowest BCUT2D eigenvalue weighted by atomic mass is 9.90. The smallest absolute Gasteiger partial charge is 0.308 e. The standard InChI is InChI=1S/C11H21NO2/c1-3-14-11(13)9(2)7-10-5-4-6-12-8-10/h9-10,12H,3-8H2,1-2H3. The zero-order valence-electron chi connectivity index (χ0n) is 9.21. The Labute approximate surface area is 86.2 Å². The number of carbonyl (C=O) groups excluding carboxylic acids is 1. The van der Waals surface area contributed by atoms with Crippen LogP contribution in [0.3, 0.4) is 0 Å². The summed E-state index contributed by atoms with van der Waals surface area (Å²) in [5.74, 6) is 0.668. The summed E-state index contributed by atoms with van der Waals surface area (Å²) >= 11 is 0. The number of hydrogen-bond acceptors (Lipinski definition) is 3. The molecule has 1 aliphatic heterocycles. The molecule has 1 rings (SSSR count). The summed E-state index contributed by atoms with van der Waals surface area (Å²) in [6.07, 6.45) is 3.45. The third-order valence-corrected chi connectivity index (χ3v) is 2.77. The van der Waals surface area contributed by atoms with E-state index >= 15 is 0 Å². The van der Waals surface area contributed by atoms with Crippen LogP contribution in [-0.2, 0) is 9.53 Å². The van der Waals surface area contributed by atoms with Crippen LogP contribution in [0.15, 0.2) is 0 Å². The van der Waals surface area contributed by atoms with Crippen LogP contribution in [0, 0.1) is 11.8 Å². The van der Waals surface area contributed by atoms with Gasteiger partial charge in [-0.2, -0.15) is 0 Å². The summed E-state index contributed by atoms with van der Waals surface area (Å²) in [5, 5.41) is 3.36. The van der Waals surface area contributed by atoms with Crippen molar-refractivity contribution in [1.82, 2.24) is 5.32 Å². The third kappa shape index (κ3) is 3.66. The van der Waals surface area contributed by atoms with Crippen LogP contribution in [0.25, 0.3) is 0 Å². The van der Waals surface area contributed by atoms with Gasteiger partial charge in [0.1, 0.15) is 0 Å². The maximum absolute atomic E-state index is 11.4. The van der Waals surface area contributed by atoms with Crippen molar-refractivity contribution in [3.05, 3.63) is 0 Å². The van der Waals surface area contributed by atoms with Crippen molar-refractivity contribution in [2.24, 2.45) is 11.8 Å². The normalized spacial score (nSPS) is 24.3. The van der Waals surface area contributed by atoms with Crippen LogP contribution in [0.2, 0.25) is 0 Å². The second kappa shape index (κ2) is 6.02. The predicted molar refractivity (Wildman–Crippen MR) is 56.0 cm³/mol. The Hall–Kier alpha value is -0.570. The van der Waals surface area contributed by atoms with Crippen molar-refractivity contribution < 1.29 is 9.53 Å². The molecule has 82 valence electrons. The van der Waals surface area contributed by atoms with Gasteiger partial charge in [-0.3, -0.25) is 4.79 Å². The molecule has 1 N–H and O–H groups in total. The van der Waals surface area contributed by atoms with E-state index in [9.17, 15) is 4.79 Å². The van der Waals surface area contributed by atoms with Crippen molar-refractivity contribution in [3.8, 4) is 0 Å². The van der Waals surface area contributed by atoms with Crippen LogP contribution >= 0.6 is 0 Å². The van der Waals surface area contributed by atoms with Crippen LogP contribution in [0.5, 0.6) is 0 Å². The summed E-state index contributed by atoms with van der Waals surface area (Å²) in [6.45, 7) is 6.50. The zero-order valence-corrected chi connectivity index (χ0v) is 9.21. The molecule has 2 unspecified atom stereocenters. The second-order valence-corrected chi connectivity index (χ2v) is 4.10. The first-order chi connectivity index (χ1) is 6.74. The Morgan fingerprint density at radius 2 is 2.43 bits per heavy atom. The van der Waals surface area contributed by atoms with Crippen LogP contribution < -0.4 is 5.32 Å². The lowest BCUT2D eigenvalue weighted by Crippen LogP contribution is -2.32. The van der Waals surface area contributed by atoms with E-state index in [1.54, 1.807) is 0 Å².